The summed E-state index contributed by atoms with van der Waals surface area (Å²) >= 11 is 3.42. The summed E-state index contributed by atoms with van der Waals surface area (Å²) < 4.78 is 1.11. The second-order valence-electron chi connectivity index (χ2n) is 3.98. The number of thiazole rings is 1. The zero-order valence-electron chi connectivity index (χ0n) is 10.1. The van der Waals surface area contributed by atoms with Gasteiger partial charge < -0.3 is 5.73 Å². The van der Waals surface area contributed by atoms with Crippen LogP contribution in [0.3, 0.4) is 0 Å². The number of hydrogen-bond donors (Lipinski definition) is 1. The highest BCUT2D eigenvalue weighted by Gasteiger charge is 2.04. The molecular weight excluding hydrogens is 248 g/mol. The van der Waals surface area contributed by atoms with Crippen LogP contribution in [-0.2, 0) is 6.42 Å². The Hall–Kier alpha value is -0.840. The lowest BCUT2D eigenvalue weighted by molar-refractivity contribution is 0.954. The lowest BCUT2D eigenvalue weighted by atomic mass is 10.1. The SMILES string of the molecule is Cc1csc(Sc2ccc(CCN)c(C)c2)n1. The van der Waals surface area contributed by atoms with Crippen LogP contribution in [0.1, 0.15) is 16.8 Å². The first-order valence-electron chi connectivity index (χ1n) is 5.58. The van der Waals surface area contributed by atoms with E-state index in [0.29, 0.717) is 6.54 Å². The molecule has 0 amide bonds. The normalized spacial score (nSPS) is 10.8. The molecule has 0 aliphatic heterocycles. The largest absolute Gasteiger partial charge is 0.330 e. The number of hydrogen-bond acceptors (Lipinski definition) is 4. The van der Waals surface area contributed by atoms with Crippen molar-refractivity contribution in [3.63, 3.8) is 0 Å². The third-order valence-electron chi connectivity index (χ3n) is 2.53. The fourth-order valence-corrected chi connectivity index (χ4v) is 3.56. The van der Waals surface area contributed by atoms with Gasteiger partial charge in [-0.05, 0) is 50.1 Å². The van der Waals surface area contributed by atoms with Crippen molar-refractivity contribution in [2.24, 2.45) is 5.73 Å². The maximum absolute atomic E-state index is 5.58. The Morgan fingerprint density at radius 3 is 2.76 bits per heavy atom. The molecule has 0 aliphatic rings. The number of nitrogens with two attached hydrogens (primary N) is 1. The van der Waals surface area contributed by atoms with Gasteiger partial charge in [0.1, 0.15) is 0 Å². The van der Waals surface area contributed by atoms with E-state index in [1.807, 2.05) is 6.92 Å². The Morgan fingerprint density at radius 2 is 2.18 bits per heavy atom. The Morgan fingerprint density at radius 1 is 1.35 bits per heavy atom. The van der Waals surface area contributed by atoms with E-state index in [1.165, 1.54) is 16.0 Å². The summed E-state index contributed by atoms with van der Waals surface area (Å²) in [5.41, 5.74) is 9.33. The minimum Gasteiger partial charge on any atom is -0.330 e. The second-order valence-corrected chi connectivity index (χ2v) is 6.16. The van der Waals surface area contributed by atoms with Crippen molar-refractivity contribution in [1.82, 2.24) is 4.98 Å². The Balaban J connectivity index is 2.14. The predicted octanol–water partition coefficient (Wildman–Crippen LogP) is 3.41. The third-order valence-corrected chi connectivity index (χ3v) is 4.58. The maximum Gasteiger partial charge on any atom is 0.154 e. The van der Waals surface area contributed by atoms with Gasteiger partial charge in [-0.2, -0.15) is 0 Å². The van der Waals surface area contributed by atoms with Crippen molar-refractivity contribution in [1.29, 1.82) is 0 Å². The molecule has 1 aromatic carbocycles. The molecule has 0 unspecified atom stereocenters. The highest BCUT2D eigenvalue weighted by Crippen LogP contribution is 2.31. The van der Waals surface area contributed by atoms with Crippen LogP contribution < -0.4 is 5.73 Å². The van der Waals surface area contributed by atoms with Gasteiger partial charge in [0.05, 0.1) is 0 Å². The lowest BCUT2D eigenvalue weighted by Gasteiger charge is -2.06. The van der Waals surface area contributed by atoms with Gasteiger partial charge in [-0.1, -0.05) is 17.8 Å². The molecule has 0 bridgehead atoms. The van der Waals surface area contributed by atoms with Crippen molar-refractivity contribution in [3.05, 3.63) is 40.4 Å². The van der Waals surface area contributed by atoms with E-state index in [2.05, 4.69) is 35.5 Å². The number of benzene rings is 1. The highest BCUT2D eigenvalue weighted by molar-refractivity contribution is 8.01. The summed E-state index contributed by atoms with van der Waals surface area (Å²) in [5, 5.41) is 2.08. The van der Waals surface area contributed by atoms with Crippen LogP contribution in [0, 0.1) is 13.8 Å². The van der Waals surface area contributed by atoms with E-state index < -0.39 is 0 Å². The standard InChI is InChI=1S/C13H16N2S2/c1-9-7-12(4-3-11(9)5-6-14)17-13-15-10(2)8-16-13/h3-4,7-8H,5-6,14H2,1-2H3. The molecule has 2 aromatic rings. The molecule has 0 spiro atoms. The smallest absolute Gasteiger partial charge is 0.154 e. The van der Waals surface area contributed by atoms with Crippen LogP contribution in [0.2, 0.25) is 0 Å². The van der Waals surface area contributed by atoms with Crippen LogP contribution in [0.4, 0.5) is 0 Å². The van der Waals surface area contributed by atoms with Gasteiger partial charge in [0.25, 0.3) is 0 Å². The van der Waals surface area contributed by atoms with Gasteiger partial charge in [-0.15, -0.1) is 11.3 Å². The number of rotatable bonds is 4. The summed E-state index contributed by atoms with van der Waals surface area (Å²) in [6.07, 6.45) is 0.952. The van der Waals surface area contributed by atoms with Crippen molar-refractivity contribution in [2.75, 3.05) is 6.54 Å². The topological polar surface area (TPSA) is 38.9 Å². The molecule has 0 saturated carbocycles. The van der Waals surface area contributed by atoms with Crippen LogP contribution in [0.25, 0.3) is 0 Å². The van der Waals surface area contributed by atoms with Crippen LogP contribution >= 0.6 is 23.1 Å². The predicted molar refractivity (Wildman–Crippen MR) is 74.9 cm³/mol. The average molecular weight is 264 g/mol. The molecule has 2 N–H and O–H groups in total. The maximum atomic E-state index is 5.58. The quantitative estimate of drug-likeness (QED) is 0.919. The summed E-state index contributed by atoms with van der Waals surface area (Å²) in [7, 11) is 0. The second kappa shape index (κ2) is 5.67. The molecule has 1 aromatic heterocycles. The molecule has 90 valence electrons. The molecule has 2 rings (SSSR count). The van der Waals surface area contributed by atoms with Crippen molar-refractivity contribution in [3.8, 4) is 0 Å². The molecule has 2 nitrogen and oxygen atoms in total. The zero-order chi connectivity index (χ0) is 12.3. The van der Waals surface area contributed by atoms with Crippen molar-refractivity contribution in [2.45, 2.75) is 29.5 Å². The summed E-state index contributed by atoms with van der Waals surface area (Å²) in [5.74, 6) is 0. The number of aryl methyl sites for hydroxylation is 2. The van der Waals surface area contributed by atoms with Gasteiger partial charge in [0.2, 0.25) is 0 Å². The molecule has 17 heavy (non-hydrogen) atoms. The van der Waals surface area contributed by atoms with Crippen LogP contribution in [-0.4, -0.2) is 11.5 Å². The monoisotopic (exact) mass is 264 g/mol. The lowest BCUT2D eigenvalue weighted by Crippen LogP contribution is -2.03. The highest BCUT2D eigenvalue weighted by atomic mass is 32.2. The fraction of sp³-hybridized carbons (Fsp3) is 0.308. The minimum atomic E-state index is 0.707. The molecule has 0 aliphatic carbocycles. The zero-order valence-corrected chi connectivity index (χ0v) is 11.7. The Labute approximate surface area is 110 Å². The molecule has 0 fully saturated rings. The van der Waals surface area contributed by atoms with Crippen LogP contribution in [0.5, 0.6) is 0 Å². The Kier molecular flexibility index (Phi) is 4.20. The first-order valence-corrected chi connectivity index (χ1v) is 7.28. The van der Waals surface area contributed by atoms with E-state index in [1.54, 1.807) is 23.1 Å². The van der Waals surface area contributed by atoms with Gasteiger partial charge >= 0.3 is 0 Å². The van der Waals surface area contributed by atoms with Crippen molar-refractivity contribution < 1.29 is 0 Å². The summed E-state index contributed by atoms with van der Waals surface area (Å²) in [4.78, 5) is 5.70. The first-order chi connectivity index (χ1) is 8.19. The van der Waals surface area contributed by atoms with Crippen molar-refractivity contribution >= 4 is 23.1 Å². The van der Waals surface area contributed by atoms with Crippen LogP contribution in [0.15, 0.2) is 32.8 Å². The van der Waals surface area contributed by atoms with E-state index in [-0.39, 0.29) is 0 Å². The van der Waals surface area contributed by atoms with E-state index in [9.17, 15) is 0 Å². The molecule has 0 atom stereocenters. The summed E-state index contributed by atoms with van der Waals surface area (Å²) in [6, 6.07) is 6.54. The molecular formula is C13H16N2S2. The Bertz CT molecular complexity index is 506. The molecule has 0 saturated heterocycles. The molecule has 4 heteroatoms. The number of nitrogens with zero attached hydrogens (tertiary/aromatic N) is 1. The summed E-state index contributed by atoms with van der Waals surface area (Å²) in [6.45, 7) is 4.87. The van der Waals surface area contributed by atoms with Gasteiger partial charge in [-0.25, -0.2) is 4.98 Å². The van der Waals surface area contributed by atoms with E-state index in [4.69, 9.17) is 5.73 Å². The first kappa shape index (κ1) is 12.6. The minimum absolute atomic E-state index is 0.707. The average Bonchev–Trinajstić information content (AvgIpc) is 2.68. The van der Waals surface area contributed by atoms with Gasteiger partial charge in [0.15, 0.2) is 4.34 Å². The van der Waals surface area contributed by atoms with Gasteiger partial charge in [-0.3, -0.25) is 0 Å². The van der Waals surface area contributed by atoms with E-state index in [0.717, 1.165) is 16.5 Å². The molecule has 1 heterocycles. The van der Waals surface area contributed by atoms with E-state index >= 15 is 0 Å². The fourth-order valence-electron chi connectivity index (χ4n) is 1.65. The third kappa shape index (κ3) is 3.31. The molecule has 0 radical (unpaired) electrons. The number of aromatic nitrogens is 1. The van der Waals surface area contributed by atoms with Gasteiger partial charge in [0, 0.05) is 16.0 Å².